The van der Waals surface area contributed by atoms with Gasteiger partial charge in [0.05, 0.1) is 0 Å². The molecule has 1 aliphatic rings. The summed E-state index contributed by atoms with van der Waals surface area (Å²) in [5.41, 5.74) is -0.141. The number of carbonyl (C=O) groups is 2. The molecule has 1 saturated heterocycles. The molecule has 0 radical (unpaired) electrons. The molecule has 1 fully saturated rings. The molecule has 5 heteroatoms. The van der Waals surface area contributed by atoms with E-state index in [4.69, 9.17) is 0 Å². The van der Waals surface area contributed by atoms with Crippen molar-refractivity contribution in [2.45, 2.75) is 59.3 Å². The van der Waals surface area contributed by atoms with E-state index in [0.29, 0.717) is 24.5 Å². The second-order valence-electron chi connectivity index (χ2n) is 8.68. The maximum atomic E-state index is 13.2. The molecule has 1 aliphatic heterocycles. The molecule has 3 nitrogen and oxygen atoms in total. The van der Waals surface area contributed by atoms with Crippen molar-refractivity contribution in [3.05, 3.63) is 35.4 Å². The van der Waals surface area contributed by atoms with Gasteiger partial charge in [-0.15, -0.1) is 0 Å². The van der Waals surface area contributed by atoms with Crippen molar-refractivity contribution in [1.29, 1.82) is 0 Å². The molecule has 2 rings (SSSR count). The van der Waals surface area contributed by atoms with E-state index >= 15 is 0 Å². The van der Waals surface area contributed by atoms with Crippen molar-refractivity contribution in [3.63, 3.8) is 0 Å². The number of rotatable bonds is 8. The van der Waals surface area contributed by atoms with Gasteiger partial charge in [0.1, 0.15) is 17.4 Å². The third-order valence-corrected chi connectivity index (χ3v) is 5.39. The summed E-state index contributed by atoms with van der Waals surface area (Å²) in [6, 6.07) is 2.99. The van der Waals surface area contributed by atoms with Crippen LogP contribution in [0.2, 0.25) is 0 Å². The number of nitrogens with zero attached hydrogens (tertiary/aromatic N) is 1. The van der Waals surface area contributed by atoms with E-state index in [1.54, 1.807) is 0 Å². The van der Waals surface area contributed by atoms with Crippen LogP contribution in [0.3, 0.4) is 0 Å². The monoisotopic (exact) mass is 379 g/mol. The van der Waals surface area contributed by atoms with Crippen molar-refractivity contribution in [1.82, 2.24) is 4.90 Å². The highest BCUT2D eigenvalue weighted by atomic mass is 19.1. The van der Waals surface area contributed by atoms with Gasteiger partial charge in [-0.05, 0) is 63.4 Å². The second-order valence-corrected chi connectivity index (χ2v) is 8.68. The van der Waals surface area contributed by atoms with Crippen LogP contribution in [-0.2, 0) is 4.79 Å². The zero-order valence-corrected chi connectivity index (χ0v) is 16.7. The van der Waals surface area contributed by atoms with Crippen molar-refractivity contribution >= 4 is 11.6 Å². The van der Waals surface area contributed by atoms with Gasteiger partial charge in [-0.2, -0.15) is 0 Å². The molecule has 1 aromatic rings. The van der Waals surface area contributed by atoms with Crippen LogP contribution in [0.25, 0.3) is 0 Å². The molecule has 1 aromatic carbocycles. The van der Waals surface area contributed by atoms with Crippen molar-refractivity contribution in [2.24, 2.45) is 11.3 Å². The normalized spacial score (nSPS) is 16.5. The fourth-order valence-electron chi connectivity index (χ4n) is 3.53. The summed E-state index contributed by atoms with van der Waals surface area (Å²) in [5.74, 6) is -0.839. The molecular formula is C22H31F2NO2. The number of hydrogen-bond acceptors (Lipinski definition) is 3. The zero-order valence-electron chi connectivity index (χ0n) is 16.7. The second kappa shape index (κ2) is 9.54. The standard InChI is InChI=1S/C22H31F2NO2/c1-22(2,3)21(27)5-4-10-25-11-8-16(9-12-25)6-7-20(26)17-13-18(23)15-19(24)14-17/h13-16H,4-12H2,1-3H3. The van der Waals surface area contributed by atoms with E-state index in [1.165, 1.54) is 0 Å². The summed E-state index contributed by atoms with van der Waals surface area (Å²) < 4.78 is 26.4. The average molecular weight is 379 g/mol. The van der Waals surface area contributed by atoms with Crippen LogP contribution in [0.1, 0.15) is 69.7 Å². The number of likely N-dealkylation sites (tertiary alicyclic amines) is 1. The van der Waals surface area contributed by atoms with E-state index in [0.717, 1.165) is 63.5 Å². The van der Waals surface area contributed by atoms with Gasteiger partial charge in [0.15, 0.2) is 5.78 Å². The Morgan fingerprint density at radius 1 is 1.04 bits per heavy atom. The molecule has 0 bridgehead atoms. The Bertz CT molecular complexity index is 639. The first-order valence-electron chi connectivity index (χ1n) is 9.90. The van der Waals surface area contributed by atoms with Gasteiger partial charge < -0.3 is 4.90 Å². The fourth-order valence-corrected chi connectivity index (χ4v) is 3.53. The molecule has 1 heterocycles. The summed E-state index contributed by atoms with van der Waals surface area (Å²) in [6.07, 6.45) is 4.66. The molecule has 0 unspecified atom stereocenters. The minimum Gasteiger partial charge on any atom is -0.303 e. The number of piperidine rings is 1. The number of Topliss-reactive ketones (excluding diaryl/α,β-unsaturated/α-hetero) is 2. The Morgan fingerprint density at radius 2 is 1.63 bits per heavy atom. The lowest BCUT2D eigenvalue weighted by Gasteiger charge is -2.32. The largest absolute Gasteiger partial charge is 0.303 e. The van der Waals surface area contributed by atoms with E-state index in [1.807, 2.05) is 20.8 Å². The van der Waals surface area contributed by atoms with Gasteiger partial charge in [0, 0.05) is 29.9 Å². The van der Waals surface area contributed by atoms with Crippen LogP contribution in [0.5, 0.6) is 0 Å². The number of benzene rings is 1. The Balaban J connectivity index is 1.67. The van der Waals surface area contributed by atoms with Gasteiger partial charge in [0.2, 0.25) is 0 Å². The van der Waals surface area contributed by atoms with E-state index in [2.05, 4.69) is 4.90 Å². The first-order valence-corrected chi connectivity index (χ1v) is 9.90. The quantitative estimate of drug-likeness (QED) is 0.594. The molecule has 0 saturated carbocycles. The lowest BCUT2D eigenvalue weighted by atomic mass is 9.88. The number of hydrogen-bond donors (Lipinski definition) is 0. The van der Waals surface area contributed by atoms with Crippen molar-refractivity contribution < 1.29 is 18.4 Å². The predicted octanol–water partition coefficient (Wildman–Crippen LogP) is 5.04. The highest BCUT2D eigenvalue weighted by Crippen LogP contribution is 2.24. The first kappa shape index (κ1) is 21.7. The molecule has 150 valence electrons. The predicted molar refractivity (Wildman–Crippen MR) is 103 cm³/mol. The van der Waals surface area contributed by atoms with Crippen LogP contribution in [0.15, 0.2) is 18.2 Å². The molecule has 0 amide bonds. The Labute approximate surface area is 161 Å². The minimum absolute atomic E-state index is 0.119. The van der Waals surface area contributed by atoms with Gasteiger partial charge in [-0.25, -0.2) is 8.78 Å². The smallest absolute Gasteiger partial charge is 0.163 e. The van der Waals surface area contributed by atoms with E-state index in [9.17, 15) is 18.4 Å². The lowest BCUT2D eigenvalue weighted by molar-refractivity contribution is -0.126. The number of halogens is 2. The summed E-state index contributed by atoms with van der Waals surface area (Å²) in [5, 5.41) is 0. The highest BCUT2D eigenvalue weighted by Gasteiger charge is 2.23. The van der Waals surface area contributed by atoms with E-state index < -0.39 is 11.6 Å². The van der Waals surface area contributed by atoms with Crippen LogP contribution in [0.4, 0.5) is 8.78 Å². The zero-order chi connectivity index (χ0) is 20.0. The summed E-state index contributed by atoms with van der Waals surface area (Å²) in [6.45, 7) is 8.78. The molecule has 0 spiro atoms. The number of carbonyl (C=O) groups excluding carboxylic acids is 2. The summed E-state index contributed by atoms with van der Waals surface area (Å²) >= 11 is 0. The Hall–Kier alpha value is -1.62. The van der Waals surface area contributed by atoms with Crippen LogP contribution in [0, 0.1) is 23.0 Å². The lowest BCUT2D eigenvalue weighted by Crippen LogP contribution is -2.35. The average Bonchev–Trinajstić information content (AvgIpc) is 2.59. The third-order valence-electron chi connectivity index (χ3n) is 5.39. The first-order chi connectivity index (χ1) is 12.6. The topological polar surface area (TPSA) is 37.4 Å². The van der Waals surface area contributed by atoms with Gasteiger partial charge in [-0.1, -0.05) is 20.8 Å². The molecule has 0 N–H and O–H groups in total. The van der Waals surface area contributed by atoms with Crippen molar-refractivity contribution in [3.8, 4) is 0 Å². The Kier molecular flexibility index (Phi) is 7.66. The SMILES string of the molecule is CC(C)(C)C(=O)CCCN1CCC(CCC(=O)c2cc(F)cc(F)c2)CC1. The third kappa shape index (κ3) is 7.13. The maximum absolute atomic E-state index is 13.2. The summed E-state index contributed by atoms with van der Waals surface area (Å²) in [4.78, 5) is 26.5. The van der Waals surface area contributed by atoms with Crippen molar-refractivity contribution in [2.75, 3.05) is 19.6 Å². The van der Waals surface area contributed by atoms with Gasteiger partial charge in [0.25, 0.3) is 0 Å². The number of ketones is 2. The van der Waals surface area contributed by atoms with Crippen LogP contribution >= 0.6 is 0 Å². The molecule has 0 aliphatic carbocycles. The fraction of sp³-hybridized carbons (Fsp3) is 0.636. The van der Waals surface area contributed by atoms with Crippen LogP contribution in [-0.4, -0.2) is 36.1 Å². The van der Waals surface area contributed by atoms with Gasteiger partial charge in [-0.3, -0.25) is 9.59 Å². The maximum Gasteiger partial charge on any atom is 0.163 e. The molecule has 0 atom stereocenters. The minimum atomic E-state index is -0.711. The van der Waals surface area contributed by atoms with E-state index in [-0.39, 0.29) is 16.8 Å². The summed E-state index contributed by atoms with van der Waals surface area (Å²) in [7, 11) is 0. The highest BCUT2D eigenvalue weighted by molar-refractivity contribution is 5.96. The van der Waals surface area contributed by atoms with Crippen LogP contribution < -0.4 is 0 Å². The molecular weight excluding hydrogens is 348 g/mol. The van der Waals surface area contributed by atoms with Gasteiger partial charge >= 0.3 is 0 Å². The Morgan fingerprint density at radius 3 is 2.19 bits per heavy atom. The molecule has 0 aromatic heterocycles. The molecule has 27 heavy (non-hydrogen) atoms.